The monoisotopic (exact) mass is 343 g/mol. The molecule has 2 amide bonds. The first kappa shape index (κ1) is 16.4. The minimum atomic E-state index is -0.643. The predicted octanol–water partition coefficient (Wildman–Crippen LogP) is 0.924. The molecule has 0 aromatic carbocycles. The fourth-order valence-electron chi connectivity index (χ4n) is 1.40. The van der Waals surface area contributed by atoms with Crippen LogP contribution < -0.4 is 16.0 Å². The summed E-state index contributed by atoms with van der Waals surface area (Å²) >= 11 is 3.23. The molecule has 0 bridgehead atoms. The van der Waals surface area contributed by atoms with Crippen molar-refractivity contribution in [1.82, 2.24) is 20.6 Å². The molecule has 0 saturated carbocycles. The van der Waals surface area contributed by atoms with E-state index in [2.05, 4.69) is 41.8 Å². The normalized spacial score (nSPS) is 11.9. The molecule has 0 saturated heterocycles. The largest absolute Gasteiger partial charge is 0.357 e. The lowest BCUT2D eigenvalue weighted by Gasteiger charge is -2.13. The van der Waals surface area contributed by atoms with Crippen molar-refractivity contribution < 1.29 is 9.59 Å². The van der Waals surface area contributed by atoms with E-state index in [0.29, 0.717) is 10.4 Å². The summed E-state index contributed by atoms with van der Waals surface area (Å²) < 4.78 is 0.466. The average Bonchev–Trinajstić information content (AvgIpc) is 2.39. The maximum Gasteiger partial charge on any atom is 0.271 e. The van der Waals surface area contributed by atoms with E-state index in [1.165, 1.54) is 13.2 Å². The second-order valence-corrected chi connectivity index (χ2v) is 5.35. The first-order chi connectivity index (χ1) is 9.35. The third kappa shape index (κ3) is 4.44. The van der Waals surface area contributed by atoms with Gasteiger partial charge in [0.05, 0.1) is 4.47 Å². The van der Waals surface area contributed by atoms with Crippen LogP contribution in [-0.4, -0.2) is 40.9 Å². The van der Waals surface area contributed by atoms with E-state index in [4.69, 9.17) is 0 Å². The van der Waals surface area contributed by atoms with Crippen LogP contribution in [0.15, 0.2) is 10.7 Å². The molecule has 20 heavy (non-hydrogen) atoms. The van der Waals surface area contributed by atoms with Gasteiger partial charge in [-0.2, -0.15) is 0 Å². The number of carbonyl (C=O) groups excluding carboxylic acids is 2. The van der Waals surface area contributed by atoms with E-state index in [1.807, 2.05) is 13.8 Å². The van der Waals surface area contributed by atoms with Gasteiger partial charge in [-0.15, -0.1) is 0 Å². The van der Waals surface area contributed by atoms with Crippen LogP contribution in [0, 0.1) is 0 Å². The molecule has 0 aliphatic heterocycles. The van der Waals surface area contributed by atoms with Gasteiger partial charge in [0.25, 0.3) is 5.91 Å². The predicted molar refractivity (Wildman–Crippen MR) is 79.5 cm³/mol. The Balaban J connectivity index is 2.89. The van der Waals surface area contributed by atoms with Gasteiger partial charge in [0, 0.05) is 19.3 Å². The lowest BCUT2D eigenvalue weighted by Crippen LogP contribution is -2.44. The van der Waals surface area contributed by atoms with Crippen molar-refractivity contribution in [2.24, 2.45) is 0 Å². The van der Waals surface area contributed by atoms with Crippen LogP contribution in [0.5, 0.6) is 0 Å². The fourth-order valence-corrected chi connectivity index (χ4v) is 1.77. The summed E-state index contributed by atoms with van der Waals surface area (Å²) in [5.41, 5.74) is 0.180. The van der Waals surface area contributed by atoms with Crippen molar-refractivity contribution in [2.45, 2.75) is 32.9 Å². The molecule has 1 rings (SSSR count). The Morgan fingerprint density at radius 3 is 2.50 bits per heavy atom. The summed E-state index contributed by atoms with van der Waals surface area (Å²) in [5, 5.41) is 8.04. The second-order valence-electron chi connectivity index (χ2n) is 4.50. The number of hydrogen-bond donors (Lipinski definition) is 3. The van der Waals surface area contributed by atoms with Crippen molar-refractivity contribution in [3.63, 3.8) is 0 Å². The van der Waals surface area contributed by atoms with Gasteiger partial charge in [-0.3, -0.25) is 9.59 Å². The number of aromatic nitrogens is 2. The molecular formula is C12H18BrN5O2. The zero-order chi connectivity index (χ0) is 15.3. The smallest absolute Gasteiger partial charge is 0.271 e. The van der Waals surface area contributed by atoms with Gasteiger partial charge in [0.1, 0.15) is 11.7 Å². The zero-order valence-electron chi connectivity index (χ0n) is 11.8. The number of hydrogen-bond acceptors (Lipinski definition) is 5. The van der Waals surface area contributed by atoms with Crippen LogP contribution >= 0.6 is 15.9 Å². The highest BCUT2D eigenvalue weighted by Crippen LogP contribution is 2.15. The molecule has 1 aromatic heterocycles. The highest BCUT2D eigenvalue weighted by molar-refractivity contribution is 9.10. The number of amides is 2. The van der Waals surface area contributed by atoms with Gasteiger partial charge in [-0.05, 0) is 36.7 Å². The van der Waals surface area contributed by atoms with Crippen molar-refractivity contribution >= 4 is 33.7 Å². The summed E-state index contributed by atoms with van der Waals surface area (Å²) in [6, 6.07) is -0.493. The number of carbonyl (C=O) groups is 2. The van der Waals surface area contributed by atoms with Gasteiger partial charge in [-0.1, -0.05) is 0 Å². The molecule has 0 radical (unpaired) electrons. The molecule has 1 atom stereocenters. The van der Waals surface area contributed by atoms with Crippen molar-refractivity contribution in [3.05, 3.63) is 16.4 Å². The molecule has 0 fully saturated rings. The van der Waals surface area contributed by atoms with Gasteiger partial charge >= 0.3 is 0 Å². The van der Waals surface area contributed by atoms with Crippen LogP contribution in [0.2, 0.25) is 0 Å². The number of halogens is 1. The zero-order valence-corrected chi connectivity index (χ0v) is 13.4. The van der Waals surface area contributed by atoms with E-state index in [1.54, 1.807) is 6.92 Å². The molecule has 0 aliphatic carbocycles. The Bertz CT molecular complexity index is 507. The number of nitrogens with zero attached hydrogens (tertiary/aromatic N) is 2. The maximum absolute atomic E-state index is 12.1. The molecule has 110 valence electrons. The van der Waals surface area contributed by atoms with Gasteiger partial charge in [0.15, 0.2) is 0 Å². The molecule has 7 nitrogen and oxygen atoms in total. The van der Waals surface area contributed by atoms with Crippen LogP contribution in [-0.2, 0) is 4.79 Å². The summed E-state index contributed by atoms with van der Waals surface area (Å²) in [5.74, 6) is -0.354. The highest BCUT2D eigenvalue weighted by Gasteiger charge is 2.19. The summed E-state index contributed by atoms with van der Waals surface area (Å²) in [7, 11) is 1.51. The Morgan fingerprint density at radius 1 is 1.30 bits per heavy atom. The number of likely N-dealkylation sites (N-methyl/N-ethyl adjacent to an activating group) is 1. The van der Waals surface area contributed by atoms with Crippen molar-refractivity contribution in [2.75, 3.05) is 12.4 Å². The van der Waals surface area contributed by atoms with Crippen LogP contribution in [0.4, 0.5) is 5.95 Å². The highest BCUT2D eigenvalue weighted by atomic mass is 79.9. The van der Waals surface area contributed by atoms with Gasteiger partial charge < -0.3 is 16.0 Å². The standard InChI is InChI=1S/C12H18BrN5O2/c1-6(2)16-12-15-5-8(13)9(18-12)11(20)17-7(3)10(19)14-4/h5-7H,1-4H3,(H,14,19)(H,17,20)(H,15,16,18)/t7-/m0/s1. The van der Waals surface area contributed by atoms with Gasteiger partial charge in [0.2, 0.25) is 11.9 Å². The fraction of sp³-hybridized carbons (Fsp3) is 0.500. The molecule has 0 unspecified atom stereocenters. The van der Waals surface area contributed by atoms with E-state index in [-0.39, 0.29) is 17.6 Å². The maximum atomic E-state index is 12.1. The first-order valence-electron chi connectivity index (χ1n) is 6.16. The molecule has 3 N–H and O–H groups in total. The molecule has 1 heterocycles. The van der Waals surface area contributed by atoms with Crippen molar-refractivity contribution in [3.8, 4) is 0 Å². The Labute approximate surface area is 126 Å². The number of rotatable bonds is 5. The summed E-state index contributed by atoms with van der Waals surface area (Å²) in [4.78, 5) is 31.7. The topological polar surface area (TPSA) is 96.0 Å². The van der Waals surface area contributed by atoms with Crippen LogP contribution in [0.1, 0.15) is 31.3 Å². The third-order valence-electron chi connectivity index (χ3n) is 2.36. The molecule has 0 spiro atoms. The Hall–Kier alpha value is -1.70. The number of anilines is 1. The lowest BCUT2D eigenvalue weighted by molar-refractivity contribution is -0.122. The Kier molecular flexibility index (Phi) is 5.87. The first-order valence-corrected chi connectivity index (χ1v) is 6.96. The van der Waals surface area contributed by atoms with Gasteiger partial charge in [-0.25, -0.2) is 9.97 Å². The molecule has 1 aromatic rings. The SMILES string of the molecule is CNC(=O)[C@H](C)NC(=O)c1nc(NC(C)C)ncc1Br. The number of nitrogens with one attached hydrogen (secondary N) is 3. The lowest BCUT2D eigenvalue weighted by atomic mass is 10.3. The second kappa shape index (κ2) is 7.18. The third-order valence-corrected chi connectivity index (χ3v) is 2.94. The molecular weight excluding hydrogens is 326 g/mol. The van der Waals surface area contributed by atoms with E-state index in [9.17, 15) is 9.59 Å². The van der Waals surface area contributed by atoms with Crippen LogP contribution in [0.25, 0.3) is 0 Å². The summed E-state index contributed by atoms with van der Waals surface area (Å²) in [6.07, 6.45) is 1.50. The van der Waals surface area contributed by atoms with E-state index < -0.39 is 11.9 Å². The van der Waals surface area contributed by atoms with E-state index >= 15 is 0 Å². The average molecular weight is 344 g/mol. The molecule has 8 heteroatoms. The van der Waals surface area contributed by atoms with Crippen LogP contribution in [0.3, 0.4) is 0 Å². The Morgan fingerprint density at radius 2 is 1.95 bits per heavy atom. The van der Waals surface area contributed by atoms with E-state index in [0.717, 1.165) is 0 Å². The molecule has 0 aliphatic rings. The quantitative estimate of drug-likeness (QED) is 0.738. The minimum absolute atomic E-state index is 0.150. The summed E-state index contributed by atoms with van der Waals surface area (Å²) in [6.45, 7) is 5.48. The van der Waals surface area contributed by atoms with Crippen molar-refractivity contribution in [1.29, 1.82) is 0 Å². The minimum Gasteiger partial charge on any atom is -0.357 e.